The van der Waals surface area contributed by atoms with E-state index in [4.69, 9.17) is 4.74 Å². The molecule has 1 N–H and O–H groups in total. The zero-order valence-corrected chi connectivity index (χ0v) is 13.1. The van der Waals surface area contributed by atoms with Crippen molar-refractivity contribution in [2.75, 3.05) is 0 Å². The lowest BCUT2D eigenvalue weighted by Gasteiger charge is -2.11. The number of carbonyl (C=O) groups is 1. The van der Waals surface area contributed by atoms with Crippen LogP contribution in [0.4, 0.5) is 4.39 Å². The molecule has 0 aliphatic rings. The number of nitrogens with one attached hydrogen (secondary N) is 1. The summed E-state index contributed by atoms with van der Waals surface area (Å²) in [7, 11) is 0. The SMILES string of the molecule is O=C(NCc1cccnc1Oc1ccccc1F)c1cc[n+]([O-])cc1. The summed E-state index contributed by atoms with van der Waals surface area (Å²) in [6.45, 7) is 0.142. The zero-order valence-electron chi connectivity index (χ0n) is 13.1. The number of carbonyl (C=O) groups excluding carboxylic acids is 1. The maximum absolute atomic E-state index is 13.7. The van der Waals surface area contributed by atoms with E-state index in [0.29, 0.717) is 15.9 Å². The zero-order chi connectivity index (χ0) is 17.6. The highest BCUT2D eigenvalue weighted by molar-refractivity contribution is 5.93. The van der Waals surface area contributed by atoms with Crippen LogP contribution in [0.25, 0.3) is 0 Å². The fourth-order valence-electron chi connectivity index (χ4n) is 2.12. The van der Waals surface area contributed by atoms with Gasteiger partial charge in [-0.05, 0) is 18.2 Å². The Balaban J connectivity index is 1.72. The van der Waals surface area contributed by atoms with Crippen molar-refractivity contribution in [2.24, 2.45) is 0 Å². The van der Waals surface area contributed by atoms with E-state index in [-0.39, 0.29) is 24.1 Å². The van der Waals surface area contributed by atoms with Crippen molar-refractivity contribution in [1.29, 1.82) is 0 Å². The number of amides is 1. The van der Waals surface area contributed by atoms with Gasteiger partial charge in [0.1, 0.15) is 0 Å². The molecule has 0 fully saturated rings. The molecule has 25 heavy (non-hydrogen) atoms. The Morgan fingerprint density at radius 2 is 1.92 bits per heavy atom. The van der Waals surface area contributed by atoms with Crippen LogP contribution in [0.15, 0.2) is 67.1 Å². The van der Waals surface area contributed by atoms with Gasteiger partial charge in [-0.25, -0.2) is 9.37 Å². The van der Waals surface area contributed by atoms with Gasteiger partial charge in [0.2, 0.25) is 5.88 Å². The number of hydrogen-bond donors (Lipinski definition) is 1. The Morgan fingerprint density at radius 3 is 2.68 bits per heavy atom. The molecule has 2 aromatic heterocycles. The third-order valence-corrected chi connectivity index (χ3v) is 3.40. The number of aromatic nitrogens is 2. The number of nitrogens with zero attached hydrogens (tertiary/aromatic N) is 2. The number of hydrogen-bond acceptors (Lipinski definition) is 4. The number of para-hydroxylation sites is 1. The van der Waals surface area contributed by atoms with E-state index in [2.05, 4.69) is 10.3 Å². The van der Waals surface area contributed by atoms with E-state index in [1.165, 1.54) is 42.9 Å². The molecule has 0 spiro atoms. The summed E-state index contributed by atoms with van der Waals surface area (Å²) in [4.78, 5) is 16.2. The van der Waals surface area contributed by atoms with Gasteiger partial charge in [0.05, 0.1) is 5.56 Å². The molecule has 1 amide bonds. The largest absolute Gasteiger partial charge is 0.619 e. The first-order valence-corrected chi connectivity index (χ1v) is 7.47. The lowest BCUT2D eigenvalue weighted by molar-refractivity contribution is -0.605. The fourth-order valence-corrected chi connectivity index (χ4v) is 2.12. The van der Waals surface area contributed by atoms with E-state index >= 15 is 0 Å². The van der Waals surface area contributed by atoms with E-state index in [0.717, 1.165) is 0 Å². The first-order valence-electron chi connectivity index (χ1n) is 7.47. The van der Waals surface area contributed by atoms with Gasteiger partial charge in [0.25, 0.3) is 5.91 Å². The number of halogens is 1. The summed E-state index contributed by atoms with van der Waals surface area (Å²) in [5, 5.41) is 13.7. The molecule has 7 heteroatoms. The second-order valence-corrected chi connectivity index (χ2v) is 5.13. The van der Waals surface area contributed by atoms with E-state index < -0.39 is 5.82 Å². The summed E-state index contributed by atoms with van der Waals surface area (Å²) in [5.74, 6) is -0.588. The fraction of sp³-hybridized carbons (Fsp3) is 0.0556. The van der Waals surface area contributed by atoms with Crippen LogP contribution in [0.2, 0.25) is 0 Å². The van der Waals surface area contributed by atoms with E-state index in [1.54, 1.807) is 24.3 Å². The molecule has 6 nitrogen and oxygen atoms in total. The normalized spacial score (nSPS) is 10.3. The third-order valence-electron chi connectivity index (χ3n) is 3.40. The van der Waals surface area contributed by atoms with Crippen LogP contribution in [-0.2, 0) is 6.54 Å². The van der Waals surface area contributed by atoms with Crippen molar-refractivity contribution in [2.45, 2.75) is 6.54 Å². The molecule has 0 radical (unpaired) electrons. The van der Waals surface area contributed by atoms with E-state index in [9.17, 15) is 14.4 Å². The predicted octanol–water partition coefficient (Wildman–Crippen LogP) is 2.58. The maximum atomic E-state index is 13.7. The molecule has 1 aromatic carbocycles. The van der Waals surface area contributed by atoms with Gasteiger partial charge in [-0.15, -0.1) is 0 Å². The average Bonchev–Trinajstić information content (AvgIpc) is 2.63. The van der Waals surface area contributed by atoms with Crippen molar-refractivity contribution in [1.82, 2.24) is 10.3 Å². The molecule has 0 aliphatic heterocycles. The van der Waals surface area contributed by atoms with E-state index in [1.807, 2.05) is 0 Å². The molecular weight excluding hydrogens is 325 g/mol. The Labute approximate surface area is 143 Å². The van der Waals surface area contributed by atoms with Gasteiger partial charge in [-0.3, -0.25) is 4.79 Å². The van der Waals surface area contributed by atoms with Crippen LogP contribution in [0.3, 0.4) is 0 Å². The molecule has 0 atom stereocenters. The standard InChI is InChI=1S/C18H14FN3O3/c19-15-5-1-2-6-16(15)25-18-14(4-3-9-20-18)12-21-17(23)13-7-10-22(24)11-8-13/h1-11H,12H2,(H,21,23). The van der Waals surface area contributed by atoms with Gasteiger partial charge in [0.15, 0.2) is 24.0 Å². The maximum Gasteiger partial charge on any atom is 0.252 e. The number of pyridine rings is 2. The molecular formula is C18H14FN3O3. The Bertz CT molecular complexity index is 885. The molecule has 0 bridgehead atoms. The van der Waals surface area contributed by atoms with Gasteiger partial charge in [-0.1, -0.05) is 18.2 Å². The Morgan fingerprint density at radius 1 is 1.16 bits per heavy atom. The van der Waals surface area contributed by atoms with Gasteiger partial charge < -0.3 is 15.3 Å². The average molecular weight is 339 g/mol. The molecule has 0 aliphatic carbocycles. The third kappa shape index (κ3) is 4.08. The molecule has 0 saturated heterocycles. The van der Waals surface area contributed by atoms with Crippen molar-refractivity contribution in [3.05, 3.63) is 89.3 Å². The minimum Gasteiger partial charge on any atom is -0.619 e. The van der Waals surface area contributed by atoms with Crippen LogP contribution in [-0.4, -0.2) is 10.9 Å². The quantitative estimate of drug-likeness (QED) is 0.572. The summed E-state index contributed by atoms with van der Waals surface area (Å²) in [6.07, 6.45) is 4.00. The topological polar surface area (TPSA) is 78.2 Å². The van der Waals surface area contributed by atoms with Crippen LogP contribution in [0.5, 0.6) is 11.6 Å². The molecule has 2 heterocycles. The molecule has 126 valence electrons. The highest BCUT2D eigenvalue weighted by Gasteiger charge is 2.11. The number of benzene rings is 1. The van der Waals surface area contributed by atoms with Gasteiger partial charge in [0, 0.05) is 30.4 Å². The summed E-state index contributed by atoms with van der Waals surface area (Å²) in [6, 6.07) is 12.3. The Kier molecular flexibility index (Phi) is 4.84. The number of rotatable bonds is 5. The molecule has 0 saturated carbocycles. The molecule has 3 aromatic rings. The monoisotopic (exact) mass is 339 g/mol. The van der Waals surface area contributed by atoms with Crippen LogP contribution in [0.1, 0.15) is 15.9 Å². The second-order valence-electron chi connectivity index (χ2n) is 5.13. The van der Waals surface area contributed by atoms with Crippen LogP contribution >= 0.6 is 0 Å². The van der Waals surface area contributed by atoms with Crippen molar-refractivity contribution in [3.63, 3.8) is 0 Å². The predicted molar refractivity (Wildman–Crippen MR) is 87.3 cm³/mol. The summed E-state index contributed by atoms with van der Waals surface area (Å²) in [5.41, 5.74) is 0.946. The smallest absolute Gasteiger partial charge is 0.252 e. The van der Waals surface area contributed by atoms with Gasteiger partial charge >= 0.3 is 0 Å². The lowest BCUT2D eigenvalue weighted by atomic mass is 10.2. The van der Waals surface area contributed by atoms with Crippen molar-refractivity contribution >= 4 is 5.91 Å². The molecule has 0 unspecified atom stereocenters. The Hall–Kier alpha value is -3.48. The molecule has 3 rings (SSSR count). The summed E-state index contributed by atoms with van der Waals surface area (Å²) >= 11 is 0. The lowest BCUT2D eigenvalue weighted by Crippen LogP contribution is -2.27. The highest BCUT2D eigenvalue weighted by atomic mass is 19.1. The minimum absolute atomic E-state index is 0.0526. The van der Waals surface area contributed by atoms with Crippen molar-refractivity contribution in [3.8, 4) is 11.6 Å². The number of ether oxygens (including phenoxy) is 1. The van der Waals surface area contributed by atoms with Crippen LogP contribution < -0.4 is 14.8 Å². The summed E-state index contributed by atoms with van der Waals surface area (Å²) < 4.78 is 19.8. The highest BCUT2D eigenvalue weighted by Crippen LogP contribution is 2.25. The van der Waals surface area contributed by atoms with Crippen LogP contribution in [0, 0.1) is 11.0 Å². The first-order chi connectivity index (χ1) is 12.1. The first kappa shape index (κ1) is 16.4. The van der Waals surface area contributed by atoms with Gasteiger partial charge in [-0.2, -0.15) is 4.73 Å². The van der Waals surface area contributed by atoms with Crippen molar-refractivity contribution < 1.29 is 18.7 Å². The minimum atomic E-state index is -0.502. The second kappa shape index (κ2) is 7.39.